The Balaban J connectivity index is 1.30. The average molecular weight is 518 g/mol. The lowest BCUT2D eigenvalue weighted by Gasteiger charge is -2.31. The van der Waals surface area contributed by atoms with Gasteiger partial charge in [-0.25, -0.2) is 4.98 Å². The van der Waals surface area contributed by atoms with Crippen LogP contribution in [0.25, 0.3) is 22.4 Å². The number of nitrogens with one attached hydrogen (secondary N) is 2. The lowest BCUT2D eigenvalue weighted by molar-refractivity contribution is -0.0500. The Morgan fingerprint density at radius 3 is 2.42 bits per heavy atom. The number of fused-ring (bicyclic) bond motifs is 3. The molecule has 0 spiro atoms. The number of hydrogen-bond acceptors (Lipinski definition) is 5. The Kier molecular flexibility index (Phi) is 5.64. The molecule has 1 saturated heterocycles. The van der Waals surface area contributed by atoms with E-state index in [9.17, 15) is 21.6 Å². The third kappa shape index (κ3) is 4.00. The maximum Gasteiger partial charge on any atom is 0.534 e. The average Bonchev–Trinajstić information content (AvgIpc) is 3.42. The lowest BCUT2D eigenvalue weighted by Crippen LogP contribution is -2.28. The molecule has 2 aliphatic carbocycles. The Bertz CT molecular complexity index is 1390. The Morgan fingerprint density at radius 1 is 0.972 bits per heavy atom. The predicted molar refractivity (Wildman–Crippen MR) is 129 cm³/mol. The summed E-state index contributed by atoms with van der Waals surface area (Å²) in [6, 6.07) is 11.3. The number of piperidine rings is 1. The van der Waals surface area contributed by atoms with E-state index in [1.54, 1.807) is 6.07 Å². The van der Waals surface area contributed by atoms with Crippen LogP contribution in [0.5, 0.6) is 5.75 Å². The molecule has 0 radical (unpaired) electrons. The maximum atomic E-state index is 12.9. The van der Waals surface area contributed by atoms with Gasteiger partial charge in [-0.1, -0.05) is 36.8 Å². The van der Waals surface area contributed by atoms with Crippen LogP contribution in [0.2, 0.25) is 0 Å². The zero-order chi connectivity index (χ0) is 25.1. The molecule has 10 heteroatoms. The molecule has 2 unspecified atom stereocenters. The van der Waals surface area contributed by atoms with Gasteiger partial charge in [-0.05, 0) is 78.8 Å². The normalized spacial score (nSPS) is 23.6. The first kappa shape index (κ1) is 23.5. The number of rotatable bonds is 5. The second-order valence-electron chi connectivity index (χ2n) is 9.90. The summed E-state index contributed by atoms with van der Waals surface area (Å²) in [5, 5.41) is 3.49. The van der Waals surface area contributed by atoms with Crippen molar-refractivity contribution in [3.05, 3.63) is 59.5 Å². The number of aromatic amines is 1. The van der Waals surface area contributed by atoms with Crippen LogP contribution in [-0.2, 0) is 16.5 Å². The molecule has 190 valence electrons. The van der Waals surface area contributed by atoms with Crippen molar-refractivity contribution in [3.8, 4) is 28.1 Å². The summed E-state index contributed by atoms with van der Waals surface area (Å²) < 4.78 is 66.8. The third-order valence-electron chi connectivity index (χ3n) is 7.79. The van der Waals surface area contributed by atoms with E-state index in [1.165, 1.54) is 18.9 Å². The van der Waals surface area contributed by atoms with Crippen molar-refractivity contribution in [1.82, 2.24) is 15.3 Å². The number of H-pyrrole nitrogens is 1. The van der Waals surface area contributed by atoms with Gasteiger partial charge < -0.3 is 14.5 Å². The van der Waals surface area contributed by atoms with Crippen LogP contribution >= 0.6 is 0 Å². The second kappa shape index (κ2) is 8.62. The summed E-state index contributed by atoms with van der Waals surface area (Å²) in [4.78, 5) is 7.99. The van der Waals surface area contributed by atoms with Gasteiger partial charge in [0.15, 0.2) is 0 Å². The van der Waals surface area contributed by atoms with E-state index in [2.05, 4.69) is 19.5 Å². The largest absolute Gasteiger partial charge is 0.534 e. The molecule has 1 aromatic heterocycles. The number of imidazole rings is 1. The van der Waals surface area contributed by atoms with Crippen LogP contribution in [0.3, 0.4) is 0 Å². The topological polar surface area (TPSA) is 84.1 Å². The van der Waals surface area contributed by atoms with Crippen molar-refractivity contribution in [2.45, 2.75) is 56.0 Å². The van der Waals surface area contributed by atoms with E-state index in [4.69, 9.17) is 0 Å². The van der Waals surface area contributed by atoms with E-state index >= 15 is 0 Å². The molecule has 1 saturated carbocycles. The molecule has 0 bridgehead atoms. The van der Waals surface area contributed by atoms with E-state index in [1.807, 2.05) is 30.5 Å². The van der Waals surface area contributed by atoms with Gasteiger partial charge in [0.25, 0.3) is 0 Å². The van der Waals surface area contributed by atoms with Crippen molar-refractivity contribution >= 4 is 10.1 Å². The van der Waals surface area contributed by atoms with Crippen molar-refractivity contribution in [3.63, 3.8) is 0 Å². The van der Waals surface area contributed by atoms with Crippen LogP contribution in [0.4, 0.5) is 13.2 Å². The van der Waals surface area contributed by atoms with Crippen molar-refractivity contribution in [2.24, 2.45) is 5.92 Å². The molecule has 6 rings (SSSR count). The van der Waals surface area contributed by atoms with Crippen molar-refractivity contribution in [1.29, 1.82) is 0 Å². The minimum absolute atomic E-state index is 0.210. The van der Waals surface area contributed by atoms with Gasteiger partial charge in [0.05, 0.1) is 17.9 Å². The van der Waals surface area contributed by atoms with E-state index in [-0.39, 0.29) is 17.7 Å². The summed E-state index contributed by atoms with van der Waals surface area (Å²) in [6.45, 7) is 0.994. The summed E-state index contributed by atoms with van der Waals surface area (Å²) in [5.74, 6) is 1.25. The number of halogens is 3. The fourth-order valence-electron chi connectivity index (χ4n) is 5.80. The minimum Gasteiger partial charge on any atom is -0.376 e. The molecule has 3 aromatic rings. The number of alkyl halides is 3. The highest BCUT2D eigenvalue weighted by Crippen LogP contribution is 2.56. The van der Waals surface area contributed by atoms with E-state index < -0.39 is 15.6 Å². The lowest BCUT2D eigenvalue weighted by atomic mass is 9.73. The Morgan fingerprint density at radius 2 is 1.75 bits per heavy atom. The highest BCUT2D eigenvalue weighted by atomic mass is 32.2. The molecule has 2 heterocycles. The number of hydrogen-bond donors (Lipinski definition) is 2. The number of aromatic nitrogens is 2. The molecule has 2 aromatic carbocycles. The van der Waals surface area contributed by atoms with Crippen LogP contribution in [-0.4, -0.2) is 30.4 Å². The first-order valence-corrected chi connectivity index (χ1v) is 13.7. The van der Waals surface area contributed by atoms with Gasteiger partial charge in [0.1, 0.15) is 11.6 Å². The molecular formula is C26H26F3N3O3S. The molecule has 1 aliphatic heterocycles. The monoisotopic (exact) mass is 517 g/mol. The summed E-state index contributed by atoms with van der Waals surface area (Å²) >= 11 is 0. The molecule has 3 aliphatic rings. The van der Waals surface area contributed by atoms with Crippen LogP contribution < -0.4 is 9.50 Å². The second-order valence-corrected chi connectivity index (χ2v) is 11.4. The Labute approximate surface area is 207 Å². The van der Waals surface area contributed by atoms with E-state index in [0.29, 0.717) is 17.9 Å². The van der Waals surface area contributed by atoms with Crippen molar-refractivity contribution < 1.29 is 25.8 Å². The van der Waals surface area contributed by atoms with Crippen LogP contribution in [0.1, 0.15) is 61.0 Å². The van der Waals surface area contributed by atoms with Gasteiger partial charge in [-0.2, -0.15) is 21.6 Å². The van der Waals surface area contributed by atoms with Crippen LogP contribution in [0.15, 0.2) is 42.6 Å². The molecule has 3 atom stereocenters. The Hall–Kier alpha value is -2.85. The van der Waals surface area contributed by atoms with Gasteiger partial charge in [-0.15, -0.1) is 0 Å². The fraction of sp³-hybridized carbons (Fsp3) is 0.423. The molecule has 6 nitrogen and oxygen atoms in total. The number of nitrogens with zero attached hydrogens (tertiary/aromatic N) is 1. The summed E-state index contributed by atoms with van der Waals surface area (Å²) in [6.07, 6.45) is 7.70. The highest BCUT2D eigenvalue weighted by Gasteiger charge is 2.50. The van der Waals surface area contributed by atoms with Gasteiger partial charge in [0, 0.05) is 5.56 Å². The van der Waals surface area contributed by atoms with Crippen molar-refractivity contribution in [2.75, 3.05) is 6.54 Å². The first-order chi connectivity index (χ1) is 17.2. The molecule has 0 amide bonds. The van der Waals surface area contributed by atoms with E-state index in [0.717, 1.165) is 59.6 Å². The maximum absolute atomic E-state index is 12.9. The van der Waals surface area contributed by atoms with Gasteiger partial charge in [0.2, 0.25) is 0 Å². The van der Waals surface area contributed by atoms with Gasteiger partial charge >= 0.3 is 15.6 Å². The zero-order valence-electron chi connectivity index (χ0n) is 19.4. The fourth-order valence-corrected chi connectivity index (χ4v) is 6.29. The molecule has 36 heavy (non-hydrogen) atoms. The number of benzene rings is 2. The standard InChI is InChI=1S/C26H26F3N3O3S/c27-26(28,29)36(33,34)35-23-11-10-18(24-19-9-8-17(19)13-20(23)24)15-4-6-16(7-5-15)22-14-31-25(32-22)21-3-1-2-12-30-21/h4-7,10-11,14,17,19,21,30H,1-3,8-9,12-13H2,(H,31,32)/t17?,19?,21-/m0/s1. The zero-order valence-corrected chi connectivity index (χ0v) is 20.3. The third-order valence-corrected chi connectivity index (χ3v) is 8.76. The summed E-state index contributed by atoms with van der Waals surface area (Å²) in [7, 11) is -5.72. The van der Waals surface area contributed by atoms with Gasteiger partial charge in [-0.3, -0.25) is 0 Å². The smallest absolute Gasteiger partial charge is 0.376 e. The predicted octanol–water partition coefficient (Wildman–Crippen LogP) is 5.84. The van der Waals surface area contributed by atoms with Crippen LogP contribution in [0, 0.1) is 5.92 Å². The molecule has 2 N–H and O–H groups in total. The first-order valence-electron chi connectivity index (χ1n) is 12.3. The SMILES string of the molecule is O=S(=O)(Oc1ccc(-c2ccc(-c3cnc([C@@H]4CCCCN4)[nH]3)cc2)c2c1CC1CCC21)C(F)(F)F. The summed E-state index contributed by atoms with van der Waals surface area (Å²) in [5.41, 5.74) is -0.210. The molecular weight excluding hydrogens is 491 g/mol. The minimum atomic E-state index is -5.72. The quantitative estimate of drug-likeness (QED) is 0.328. The highest BCUT2D eigenvalue weighted by molar-refractivity contribution is 7.88. The molecule has 2 fully saturated rings.